The predicted octanol–water partition coefficient (Wildman–Crippen LogP) is 4.30. The van der Waals surface area contributed by atoms with E-state index in [-0.39, 0.29) is 29.5 Å². The molecule has 0 saturated carbocycles. The minimum Gasteiger partial charge on any atom is -0.435 e. The van der Waals surface area contributed by atoms with Crippen LogP contribution in [0.2, 0.25) is 0 Å². The molecule has 0 atom stereocenters. The highest BCUT2D eigenvalue weighted by molar-refractivity contribution is 7.22. The maximum Gasteiger partial charge on any atom is 0.254 e. The van der Waals surface area contributed by atoms with Gasteiger partial charge in [0.2, 0.25) is 11.8 Å². The Morgan fingerprint density at radius 1 is 1.17 bits per heavy atom. The maximum atomic E-state index is 14.6. The van der Waals surface area contributed by atoms with Gasteiger partial charge in [-0.15, -0.1) is 0 Å². The first-order chi connectivity index (χ1) is 17.4. The second kappa shape index (κ2) is 9.55. The normalized spacial score (nSPS) is 10.9. The summed E-state index contributed by atoms with van der Waals surface area (Å²) in [6.07, 6.45) is 3.20. The van der Waals surface area contributed by atoms with Crippen molar-refractivity contribution in [2.24, 2.45) is 12.8 Å². The average Bonchev–Trinajstić information content (AvgIpc) is 3.45. The Kier molecular flexibility index (Phi) is 6.13. The van der Waals surface area contributed by atoms with Gasteiger partial charge in [0, 0.05) is 25.0 Å². The second-order valence-corrected chi connectivity index (χ2v) is 8.92. The molecule has 2 aromatic carbocycles. The minimum atomic E-state index is -0.741. The number of hydrogen-bond acceptors (Lipinski definition) is 7. The van der Waals surface area contributed by atoms with Crippen molar-refractivity contribution < 1.29 is 18.7 Å². The molecular formula is C25H19FN6O3S. The molecule has 0 aliphatic rings. The first kappa shape index (κ1) is 23.1. The van der Waals surface area contributed by atoms with Gasteiger partial charge in [-0.1, -0.05) is 23.5 Å². The van der Waals surface area contributed by atoms with Crippen LogP contribution in [-0.4, -0.2) is 31.6 Å². The third kappa shape index (κ3) is 4.91. The van der Waals surface area contributed by atoms with E-state index in [9.17, 15) is 14.0 Å². The van der Waals surface area contributed by atoms with Crippen molar-refractivity contribution >= 4 is 38.5 Å². The molecule has 5 rings (SSSR count). The quantitative estimate of drug-likeness (QED) is 0.342. The number of thiazole rings is 1. The number of ether oxygens (including phenoxy) is 1. The lowest BCUT2D eigenvalue weighted by molar-refractivity contribution is -0.115. The summed E-state index contributed by atoms with van der Waals surface area (Å²) in [5.41, 5.74) is 8.28. The first-order valence-electron chi connectivity index (χ1n) is 10.8. The van der Waals surface area contributed by atoms with E-state index in [1.54, 1.807) is 10.7 Å². The molecule has 0 saturated heterocycles. The molecule has 0 aliphatic carbocycles. The molecule has 3 aromatic heterocycles. The Morgan fingerprint density at radius 2 is 2.03 bits per heavy atom. The summed E-state index contributed by atoms with van der Waals surface area (Å²) in [5, 5.41) is 7.61. The van der Waals surface area contributed by atoms with Gasteiger partial charge in [-0.25, -0.2) is 14.4 Å². The molecule has 0 radical (unpaired) electrons. The Hall–Kier alpha value is -4.64. The maximum absolute atomic E-state index is 14.6. The largest absolute Gasteiger partial charge is 0.435 e. The van der Waals surface area contributed by atoms with E-state index in [1.807, 2.05) is 37.5 Å². The summed E-state index contributed by atoms with van der Waals surface area (Å²) in [7, 11) is 1.85. The summed E-state index contributed by atoms with van der Waals surface area (Å²) >= 11 is 1.35. The van der Waals surface area contributed by atoms with Crippen molar-refractivity contribution in [1.29, 1.82) is 0 Å². The third-order valence-electron chi connectivity index (χ3n) is 5.25. The Bertz CT molecular complexity index is 1610. The van der Waals surface area contributed by atoms with E-state index in [0.717, 1.165) is 21.5 Å². The lowest BCUT2D eigenvalue weighted by Crippen LogP contribution is -2.14. The van der Waals surface area contributed by atoms with Gasteiger partial charge in [0.15, 0.2) is 16.7 Å². The number of carbonyl (C=O) groups is 2. The zero-order chi connectivity index (χ0) is 25.2. The number of halogens is 1. The van der Waals surface area contributed by atoms with Crippen LogP contribution in [0.4, 0.5) is 9.52 Å². The number of hydrogen-bond donors (Lipinski definition) is 2. The van der Waals surface area contributed by atoms with Crippen LogP contribution in [0.1, 0.15) is 15.9 Å². The van der Waals surface area contributed by atoms with Gasteiger partial charge in [0.25, 0.3) is 5.91 Å². The highest BCUT2D eigenvalue weighted by Gasteiger charge is 2.15. The van der Waals surface area contributed by atoms with Gasteiger partial charge in [-0.05, 0) is 48.0 Å². The number of anilines is 1. The molecule has 0 aliphatic heterocycles. The second-order valence-electron chi connectivity index (χ2n) is 7.89. The highest BCUT2D eigenvalue weighted by atomic mass is 32.1. The molecule has 9 nitrogen and oxygen atoms in total. The molecule has 2 amide bonds. The molecule has 0 fully saturated rings. The SMILES string of the molecule is Cn1ccc(-c2ccc3sc(NC(=O)Cc4ccc(Oc5ncccc5C(N)=O)c(F)c4)nc3c2)n1. The summed E-state index contributed by atoms with van der Waals surface area (Å²) in [5.74, 6) is -2.03. The topological polar surface area (TPSA) is 125 Å². The van der Waals surface area contributed by atoms with Crippen molar-refractivity contribution in [2.75, 3.05) is 5.32 Å². The predicted molar refractivity (Wildman–Crippen MR) is 133 cm³/mol. The lowest BCUT2D eigenvalue weighted by atomic mass is 10.1. The fourth-order valence-electron chi connectivity index (χ4n) is 3.56. The number of rotatable bonds is 7. The van der Waals surface area contributed by atoms with E-state index in [0.29, 0.717) is 10.7 Å². The van der Waals surface area contributed by atoms with Crippen LogP contribution in [0.5, 0.6) is 11.6 Å². The van der Waals surface area contributed by atoms with E-state index in [2.05, 4.69) is 20.4 Å². The first-order valence-corrected chi connectivity index (χ1v) is 11.6. The van der Waals surface area contributed by atoms with Gasteiger partial charge in [-0.2, -0.15) is 5.10 Å². The van der Waals surface area contributed by atoms with Gasteiger partial charge >= 0.3 is 0 Å². The number of aromatic nitrogens is 4. The molecule has 3 N–H and O–H groups in total. The van der Waals surface area contributed by atoms with E-state index < -0.39 is 11.7 Å². The van der Waals surface area contributed by atoms with E-state index >= 15 is 0 Å². The van der Waals surface area contributed by atoms with Crippen LogP contribution >= 0.6 is 11.3 Å². The minimum absolute atomic E-state index is 0.0309. The number of amides is 2. The van der Waals surface area contributed by atoms with Crippen LogP contribution in [0.3, 0.4) is 0 Å². The Morgan fingerprint density at radius 3 is 2.78 bits per heavy atom. The van der Waals surface area contributed by atoms with Crippen molar-refractivity contribution in [3.05, 3.63) is 83.9 Å². The van der Waals surface area contributed by atoms with Crippen molar-refractivity contribution in [2.45, 2.75) is 6.42 Å². The Balaban J connectivity index is 1.27. The summed E-state index contributed by atoms with van der Waals surface area (Å²) in [6.45, 7) is 0. The Labute approximate surface area is 208 Å². The van der Waals surface area contributed by atoms with Gasteiger partial charge in [-0.3, -0.25) is 14.3 Å². The zero-order valence-electron chi connectivity index (χ0n) is 18.9. The molecule has 0 bridgehead atoms. The molecular weight excluding hydrogens is 483 g/mol. The number of nitrogens with two attached hydrogens (primary N) is 1. The van der Waals surface area contributed by atoms with Gasteiger partial charge in [0.05, 0.1) is 22.3 Å². The van der Waals surface area contributed by atoms with Crippen LogP contribution < -0.4 is 15.8 Å². The van der Waals surface area contributed by atoms with Crippen LogP contribution in [0.25, 0.3) is 21.5 Å². The highest BCUT2D eigenvalue weighted by Crippen LogP contribution is 2.30. The summed E-state index contributed by atoms with van der Waals surface area (Å²) in [4.78, 5) is 32.5. The van der Waals surface area contributed by atoms with E-state index in [1.165, 1.54) is 41.8 Å². The molecule has 3 heterocycles. The van der Waals surface area contributed by atoms with E-state index in [4.69, 9.17) is 10.5 Å². The number of pyridine rings is 1. The zero-order valence-corrected chi connectivity index (χ0v) is 19.8. The molecule has 0 spiro atoms. The number of nitrogens with zero attached hydrogens (tertiary/aromatic N) is 4. The fraction of sp³-hybridized carbons (Fsp3) is 0.0800. The molecule has 0 unspecified atom stereocenters. The smallest absolute Gasteiger partial charge is 0.254 e. The number of aryl methyl sites for hydroxylation is 1. The van der Waals surface area contributed by atoms with Gasteiger partial charge < -0.3 is 15.8 Å². The monoisotopic (exact) mass is 502 g/mol. The molecule has 36 heavy (non-hydrogen) atoms. The van der Waals surface area contributed by atoms with Crippen molar-refractivity contribution in [1.82, 2.24) is 19.7 Å². The lowest BCUT2D eigenvalue weighted by Gasteiger charge is -2.09. The molecule has 5 aromatic rings. The standard InChI is InChI=1S/C25H19FN6O3S/c1-32-10-8-18(31-32)15-5-7-21-19(13-15)29-25(36-21)30-22(33)12-14-4-6-20(17(26)11-14)35-24-16(23(27)34)3-2-9-28-24/h2-11,13H,12H2,1H3,(H2,27,34)(H,29,30,33). The number of benzene rings is 2. The number of nitrogens with one attached hydrogen (secondary N) is 1. The van der Waals surface area contributed by atoms with Crippen LogP contribution in [0.15, 0.2) is 67.0 Å². The number of primary amides is 1. The molecule has 180 valence electrons. The van der Waals surface area contributed by atoms with Crippen LogP contribution in [0, 0.1) is 5.82 Å². The third-order valence-corrected chi connectivity index (χ3v) is 6.20. The van der Waals surface area contributed by atoms with Gasteiger partial charge in [0.1, 0.15) is 5.56 Å². The average molecular weight is 503 g/mol. The number of carbonyl (C=O) groups excluding carboxylic acids is 2. The van der Waals surface area contributed by atoms with Crippen LogP contribution in [-0.2, 0) is 18.3 Å². The summed E-state index contributed by atoms with van der Waals surface area (Å²) < 4.78 is 22.7. The molecule has 11 heteroatoms. The van der Waals surface area contributed by atoms with Crippen molar-refractivity contribution in [3.63, 3.8) is 0 Å². The fourth-order valence-corrected chi connectivity index (χ4v) is 4.42. The number of fused-ring (bicyclic) bond motifs is 1. The summed E-state index contributed by atoms with van der Waals surface area (Å²) in [6, 6.07) is 14.8. The van der Waals surface area contributed by atoms with Crippen molar-refractivity contribution in [3.8, 4) is 22.9 Å².